The van der Waals surface area contributed by atoms with Gasteiger partial charge in [-0.1, -0.05) is 68.5 Å². The van der Waals surface area contributed by atoms with Crippen LogP contribution in [0.4, 0.5) is 5.13 Å². The highest BCUT2D eigenvalue weighted by molar-refractivity contribution is 8.01. The Balaban J connectivity index is 1.88. The van der Waals surface area contributed by atoms with Gasteiger partial charge in [0.25, 0.3) is 0 Å². The van der Waals surface area contributed by atoms with E-state index in [0.29, 0.717) is 5.13 Å². The summed E-state index contributed by atoms with van der Waals surface area (Å²) < 4.78 is 1.00. The molecule has 1 aromatic heterocycles. The van der Waals surface area contributed by atoms with Crippen molar-refractivity contribution in [1.29, 1.82) is 0 Å². The Morgan fingerprint density at radius 3 is 2.38 bits per heavy atom. The predicted octanol–water partition coefficient (Wildman–Crippen LogP) is 3.96. The van der Waals surface area contributed by atoms with Crippen molar-refractivity contribution in [3.05, 3.63) is 0 Å². The summed E-state index contributed by atoms with van der Waals surface area (Å²) in [5, 5.41) is 8.34. The lowest BCUT2D eigenvalue weighted by Gasteiger charge is -1.99. The molecule has 0 aliphatic carbocycles. The molecular formula is C11H21N3S2. The molecule has 92 valence electrons. The third-order valence-electron chi connectivity index (χ3n) is 2.40. The summed E-state index contributed by atoms with van der Waals surface area (Å²) >= 11 is 3.26. The Hall–Kier alpha value is -0.290. The van der Waals surface area contributed by atoms with E-state index in [1.807, 2.05) is 0 Å². The molecule has 0 aliphatic heterocycles. The second-order valence-corrected chi connectivity index (χ2v) is 6.23. The third-order valence-corrected chi connectivity index (χ3v) is 4.37. The van der Waals surface area contributed by atoms with Gasteiger partial charge in [-0.3, -0.25) is 0 Å². The normalized spacial score (nSPS) is 10.8. The summed E-state index contributed by atoms with van der Waals surface area (Å²) in [5.41, 5.74) is 5.51. The highest BCUT2D eigenvalue weighted by Gasteiger charge is 2.00. The summed E-state index contributed by atoms with van der Waals surface area (Å²) in [6, 6.07) is 0. The summed E-state index contributed by atoms with van der Waals surface area (Å²) in [4.78, 5) is 0. The van der Waals surface area contributed by atoms with Crippen molar-refractivity contribution in [2.75, 3.05) is 11.5 Å². The molecule has 0 unspecified atom stereocenters. The third kappa shape index (κ3) is 6.33. The van der Waals surface area contributed by atoms with Crippen LogP contribution in [0.15, 0.2) is 4.34 Å². The smallest absolute Gasteiger partial charge is 0.203 e. The van der Waals surface area contributed by atoms with Crippen LogP contribution in [0.5, 0.6) is 0 Å². The van der Waals surface area contributed by atoms with Crippen LogP contribution in [-0.4, -0.2) is 16.0 Å². The Kier molecular flexibility index (Phi) is 7.59. The molecule has 0 radical (unpaired) electrons. The van der Waals surface area contributed by atoms with Crippen LogP contribution in [0.3, 0.4) is 0 Å². The standard InChI is InChI=1S/C11H21N3S2/c1-2-3-4-5-6-7-8-9-15-11-14-13-10(12)16-11/h2-9H2,1H3,(H2,12,13). The van der Waals surface area contributed by atoms with E-state index < -0.39 is 0 Å². The van der Waals surface area contributed by atoms with Crippen LogP contribution in [0.25, 0.3) is 0 Å². The number of nitrogens with two attached hydrogens (primary N) is 1. The van der Waals surface area contributed by atoms with E-state index in [-0.39, 0.29) is 0 Å². The second kappa shape index (κ2) is 8.82. The average molecular weight is 259 g/mol. The average Bonchev–Trinajstić information content (AvgIpc) is 2.68. The van der Waals surface area contributed by atoms with E-state index in [0.717, 1.165) is 10.1 Å². The largest absolute Gasteiger partial charge is 0.374 e. The van der Waals surface area contributed by atoms with Crippen molar-refractivity contribution < 1.29 is 0 Å². The summed E-state index contributed by atoms with van der Waals surface area (Å²) in [5.74, 6) is 1.14. The number of thioether (sulfide) groups is 1. The van der Waals surface area contributed by atoms with Crippen molar-refractivity contribution >= 4 is 28.2 Å². The predicted molar refractivity (Wildman–Crippen MR) is 73.0 cm³/mol. The van der Waals surface area contributed by atoms with Crippen molar-refractivity contribution in [1.82, 2.24) is 10.2 Å². The topological polar surface area (TPSA) is 51.8 Å². The van der Waals surface area contributed by atoms with E-state index in [4.69, 9.17) is 5.73 Å². The number of anilines is 1. The van der Waals surface area contributed by atoms with Gasteiger partial charge >= 0.3 is 0 Å². The fourth-order valence-corrected chi connectivity index (χ4v) is 3.20. The van der Waals surface area contributed by atoms with Gasteiger partial charge in [-0.15, -0.1) is 10.2 Å². The molecule has 0 fully saturated rings. The van der Waals surface area contributed by atoms with Crippen molar-refractivity contribution in [2.24, 2.45) is 0 Å². The summed E-state index contributed by atoms with van der Waals surface area (Å²) in [7, 11) is 0. The van der Waals surface area contributed by atoms with Gasteiger partial charge in [-0.25, -0.2) is 0 Å². The van der Waals surface area contributed by atoms with Crippen LogP contribution in [-0.2, 0) is 0 Å². The van der Waals surface area contributed by atoms with Crippen LogP contribution in [0.1, 0.15) is 51.9 Å². The van der Waals surface area contributed by atoms with Crippen LogP contribution >= 0.6 is 23.1 Å². The quantitative estimate of drug-likeness (QED) is 0.538. The molecule has 0 bridgehead atoms. The first-order chi connectivity index (χ1) is 7.83. The van der Waals surface area contributed by atoms with Crippen LogP contribution in [0.2, 0.25) is 0 Å². The molecule has 3 nitrogen and oxygen atoms in total. The molecule has 16 heavy (non-hydrogen) atoms. The van der Waals surface area contributed by atoms with Crippen LogP contribution < -0.4 is 5.73 Å². The SMILES string of the molecule is CCCCCCCCCSc1nnc(N)s1. The van der Waals surface area contributed by atoms with Gasteiger partial charge in [0.2, 0.25) is 5.13 Å². The fourth-order valence-electron chi connectivity index (χ4n) is 1.50. The number of hydrogen-bond acceptors (Lipinski definition) is 5. The van der Waals surface area contributed by atoms with E-state index >= 15 is 0 Å². The molecule has 0 saturated carbocycles. The van der Waals surface area contributed by atoms with Crippen molar-refractivity contribution in [3.63, 3.8) is 0 Å². The van der Waals surface area contributed by atoms with E-state index in [1.165, 1.54) is 56.3 Å². The lowest BCUT2D eigenvalue weighted by Crippen LogP contribution is -1.83. The molecule has 0 atom stereocenters. The highest BCUT2D eigenvalue weighted by Crippen LogP contribution is 2.24. The molecule has 1 heterocycles. The molecule has 2 N–H and O–H groups in total. The van der Waals surface area contributed by atoms with E-state index in [1.54, 1.807) is 11.8 Å². The molecule has 1 aromatic rings. The number of nitrogen functional groups attached to an aromatic ring is 1. The van der Waals surface area contributed by atoms with Gasteiger partial charge in [0.05, 0.1) is 0 Å². The van der Waals surface area contributed by atoms with Gasteiger partial charge in [0, 0.05) is 5.75 Å². The van der Waals surface area contributed by atoms with Gasteiger partial charge < -0.3 is 5.73 Å². The zero-order valence-electron chi connectivity index (χ0n) is 9.95. The summed E-state index contributed by atoms with van der Waals surface area (Å²) in [6.07, 6.45) is 9.49. The fraction of sp³-hybridized carbons (Fsp3) is 0.818. The van der Waals surface area contributed by atoms with Crippen molar-refractivity contribution in [2.45, 2.75) is 56.2 Å². The minimum atomic E-state index is 0.571. The van der Waals surface area contributed by atoms with E-state index in [9.17, 15) is 0 Å². The Bertz CT molecular complexity index is 276. The minimum absolute atomic E-state index is 0.571. The van der Waals surface area contributed by atoms with Crippen LogP contribution in [0, 0.1) is 0 Å². The lowest BCUT2D eigenvalue weighted by atomic mass is 10.1. The molecule has 0 saturated heterocycles. The van der Waals surface area contributed by atoms with Gasteiger partial charge in [0.15, 0.2) is 4.34 Å². The molecule has 0 aromatic carbocycles. The highest BCUT2D eigenvalue weighted by atomic mass is 32.2. The molecule has 0 amide bonds. The number of aromatic nitrogens is 2. The number of unbranched alkanes of at least 4 members (excludes halogenated alkanes) is 6. The van der Waals surface area contributed by atoms with E-state index in [2.05, 4.69) is 17.1 Å². The van der Waals surface area contributed by atoms with Gasteiger partial charge in [-0.05, 0) is 6.42 Å². The molecule has 0 aliphatic rings. The first kappa shape index (κ1) is 13.8. The van der Waals surface area contributed by atoms with Gasteiger partial charge in [-0.2, -0.15) is 0 Å². The monoisotopic (exact) mass is 259 g/mol. The Morgan fingerprint density at radius 1 is 1.06 bits per heavy atom. The summed E-state index contributed by atoms with van der Waals surface area (Å²) in [6.45, 7) is 2.25. The second-order valence-electron chi connectivity index (χ2n) is 3.88. The van der Waals surface area contributed by atoms with Gasteiger partial charge in [0.1, 0.15) is 0 Å². The molecular weight excluding hydrogens is 238 g/mol. The zero-order chi connectivity index (χ0) is 11.6. The molecule has 0 spiro atoms. The first-order valence-electron chi connectivity index (χ1n) is 6.04. The van der Waals surface area contributed by atoms with Crippen molar-refractivity contribution in [3.8, 4) is 0 Å². The number of nitrogens with zero attached hydrogens (tertiary/aromatic N) is 2. The Labute approximate surface area is 106 Å². The Morgan fingerprint density at radius 2 is 1.75 bits per heavy atom. The molecule has 5 heteroatoms. The first-order valence-corrected chi connectivity index (χ1v) is 7.85. The number of hydrogen-bond donors (Lipinski definition) is 1. The lowest BCUT2D eigenvalue weighted by molar-refractivity contribution is 0.603. The zero-order valence-corrected chi connectivity index (χ0v) is 11.6. The maximum absolute atomic E-state index is 5.51. The molecule has 1 rings (SSSR count). The minimum Gasteiger partial charge on any atom is -0.374 e. The maximum Gasteiger partial charge on any atom is 0.203 e. The number of rotatable bonds is 9. The maximum atomic E-state index is 5.51.